The van der Waals surface area contributed by atoms with E-state index in [0.717, 1.165) is 22.2 Å². The molecule has 0 unspecified atom stereocenters. The molecule has 15 heavy (non-hydrogen) atoms. The highest BCUT2D eigenvalue weighted by Crippen LogP contribution is 2.29. The summed E-state index contributed by atoms with van der Waals surface area (Å²) in [7, 11) is 0. The van der Waals surface area contributed by atoms with Crippen LogP contribution in [0.5, 0.6) is 5.75 Å². The molecule has 3 heteroatoms. The summed E-state index contributed by atoms with van der Waals surface area (Å²) in [6, 6.07) is 5.96. The highest BCUT2D eigenvalue weighted by Gasteiger charge is 2.05. The quantitative estimate of drug-likeness (QED) is 0.835. The molecule has 2 nitrogen and oxygen atoms in total. The first-order chi connectivity index (χ1) is 7.15. The first-order valence-electron chi connectivity index (χ1n) is 4.89. The third-order valence-corrected chi connectivity index (χ3v) is 2.83. The minimum atomic E-state index is 0.546. The van der Waals surface area contributed by atoms with Gasteiger partial charge in [0.05, 0.1) is 4.47 Å². The minimum Gasteiger partial charge on any atom is -0.488 e. The lowest BCUT2D eigenvalue weighted by Crippen LogP contribution is -2.04. The van der Waals surface area contributed by atoms with E-state index in [0.29, 0.717) is 13.2 Å². The molecule has 0 spiro atoms. The highest BCUT2D eigenvalue weighted by molar-refractivity contribution is 9.10. The summed E-state index contributed by atoms with van der Waals surface area (Å²) in [4.78, 5) is 0. The molecule has 0 aromatic heterocycles. The van der Waals surface area contributed by atoms with Gasteiger partial charge in [-0.05, 0) is 53.0 Å². The zero-order chi connectivity index (χ0) is 11.3. The van der Waals surface area contributed by atoms with E-state index >= 15 is 0 Å². The fourth-order valence-corrected chi connectivity index (χ4v) is 1.79. The van der Waals surface area contributed by atoms with E-state index in [-0.39, 0.29) is 0 Å². The molecule has 0 heterocycles. The Hall–Kier alpha value is -0.800. The summed E-state index contributed by atoms with van der Waals surface area (Å²) in [5.41, 5.74) is 7.71. The van der Waals surface area contributed by atoms with Gasteiger partial charge in [-0.3, -0.25) is 0 Å². The number of nitrogens with two attached hydrogens (primary N) is 1. The van der Waals surface area contributed by atoms with Crippen LogP contribution in [0.4, 0.5) is 0 Å². The Bertz CT molecular complexity index is 349. The van der Waals surface area contributed by atoms with Crippen LogP contribution in [0.15, 0.2) is 34.8 Å². The molecule has 0 atom stereocenters. The first kappa shape index (κ1) is 12.3. The van der Waals surface area contributed by atoms with Gasteiger partial charge < -0.3 is 10.5 Å². The summed E-state index contributed by atoms with van der Waals surface area (Å²) in [6.45, 7) is 6.93. The summed E-state index contributed by atoms with van der Waals surface area (Å²) in [5.74, 6) is 0.851. The van der Waals surface area contributed by atoms with Gasteiger partial charge in [-0.1, -0.05) is 18.7 Å². The van der Waals surface area contributed by atoms with Crippen LogP contribution in [0, 0.1) is 0 Å². The molecule has 1 aromatic carbocycles. The van der Waals surface area contributed by atoms with Crippen molar-refractivity contribution in [3.63, 3.8) is 0 Å². The molecule has 0 saturated heterocycles. The van der Waals surface area contributed by atoms with Crippen molar-refractivity contribution < 1.29 is 4.74 Å². The maximum Gasteiger partial charge on any atom is 0.134 e. The molecule has 0 aliphatic carbocycles. The number of hydrogen-bond donors (Lipinski definition) is 1. The lowest BCUT2D eigenvalue weighted by atomic mass is 10.1. The van der Waals surface area contributed by atoms with Crippen LogP contribution in [-0.2, 0) is 6.42 Å². The van der Waals surface area contributed by atoms with Crippen molar-refractivity contribution >= 4 is 15.9 Å². The molecule has 0 aliphatic rings. The van der Waals surface area contributed by atoms with Gasteiger partial charge in [0, 0.05) is 0 Å². The SMILES string of the molecule is C=C(C)COc1cccc(CCN)c1Br. The molecular formula is C12H16BrNO. The molecule has 2 N–H and O–H groups in total. The molecule has 0 fully saturated rings. The second kappa shape index (κ2) is 5.93. The van der Waals surface area contributed by atoms with E-state index in [9.17, 15) is 0 Å². The van der Waals surface area contributed by atoms with Crippen molar-refractivity contribution in [2.45, 2.75) is 13.3 Å². The minimum absolute atomic E-state index is 0.546. The van der Waals surface area contributed by atoms with E-state index in [2.05, 4.69) is 22.5 Å². The van der Waals surface area contributed by atoms with E-state index < -0.39 is 0 Å². The number of ether oxygens (including phenoxy) is 1. The van der Waals surface area contributed by atoms with Crippen LogP contribution in [-0.4, -0.2) is 13.2 Å². The van der Waals surface area contributed by atoms with Crippen molar-refractivity contribution in [3.05, 3.63) is 40.4 Å². The predicted octanol–water partition coefficient (Wildman–Crippen LogP) is 2.91. The third-order valence-electron chi connectivity index (χ3n) is 1.93. The topological polar surface area (TPSA) is 35.2 Å². The molecule has 0 aliphatic heterocycles. The molecule has 0 bridgehead atoms. The number of benzene rings is 1. The van der Waals surface area contributed by atoms with Gasteiger partial charge in [0.2, 0.25) is 0 Å². The van der Waals surface area contributed by atoms with Crippen LogP contribution in [0.1, 0.15) is 12.5 Å². The highest BCUT2D eigenvalue weighted by atomic mass is 79.9. The van der Waals surface area contributed by atoms with Gasteiger partial charge in [-0.2, -0.15) is 0 Å². The maximum absolute atomic E-state index is 5.60. The zero-order valence-corrected chi connectivity index (χ0v) is 10.5. The normalized spacial score (nSPS) is 10.1. The van der Waals surface area contributed by atoms with Gasteiger partial charge in [0.15, 0.2) is 0 Å². The van der Waals surface area contributed by atoms with Gasteiger partial charge >= 0.3 is 0 Å². The van der Waals surface area contributed by atoms with Gasteiger partial charge in [-0.25, -0.2) is 0 Å². The summed E-state index contributed by atoms with van der Waals surface area (Å²) >= 11 is 3.52. The predicted molar refractivity (Wildman–Crippen MR) is 67.2 cm³/mol. The fourth-order valence-electron chi connectivity index (χ4n) is 1.22. The van der Waals surface area contributed by atoms with Crippen molar-refractivity contribution in [1.82, 2.24) is 0 Å². The maximum atomic E-state index is 5.60. The standard InChI is InChI=1S/C12H16BrNO/c1-9(2)8-15-11-5-3-4-10(6-7-14)12(11)13/h3-5H,1,6-8,14H2,2H3. The lowest BCUT2D eigenvalue weighted by molar-refractivity contribution is 0.350. The largest absolute Gasteiger partial charge is 0.488 e. The smallest absolute Gasteiger partial charge is 0.134 e. The van der Waals surface area contributed by atoms with Crippen LogP contribution < -0.4 is 10.5 Å². The molecule has 1 aromatic rings. The first-order valence-corrected chi connectivity index (χ1v) is 5.69. The number of rotatable bonds is 5. The van der Waals surface area contributed by atoms with E-state index in [4.69, 9.17) is 10.5 Å². The van der Waals surface area contributed by atoms with E-state index in [1.54, 1.807) is 0 Å². The second-order valence-electron chi connectivity index (χ2n) is 3.51. The van der Waals surface area contributed by atoms with Gasteiger partial charge in [-0.15, -0.1) is 0 Å². The molecule has 1 rings (SSSR count). The Labute approximate surface area is 99.3 Å². The zero-order valence-electron chi connectivity index (χ0n) is 8.92. The molecular weight excluding hydrogens is 254 g/mol. The van der Waals surface area contributed by atoms with E-state index in [1.165, 1.54) is 5.56 Å². The van der Waals surface area contributed by atoms with Crippen LogP contribution in [0.3, 0.4) is 0 Å². The Morgan fingerprint density at radius 1 is 1.53 bits per heavy atom. The Morgan fingerprint density at radius 3 is 2.87 bits per heavy atom. The summed E-state index contributed by atoms with van der Waals surface area (Å²) in [5, 5.41) is 0. The lowest BCUT2D eigenvalue weighted by Gasteiger charge is -2.10. The second-order valence-corrected chi connectivity index (χ2v) is 4.31. The average Bonchev–Trinajstić information content (AvgIpc) is 2.19. The van der Waals surface area contributed by atoms with Crippen molar-refractivity contribution in [2.24, 2.45) is 5.73 Å². The van der Waals surface area contributed by atoms with Crippen molar-refractivity contribution in [1.29, 1.82) is 0 Å². The van der Waals surface area contributed by atoms with Crippen LogP contribution >= 0.6 is 15.9 Å². The van der Waals surface area contributed by atoms with Gasteiger partial charge in [0.1, 0.15) is 12.4 Å². The van der Waals surface area contributed by atoms with E-state index in [1.807, 2.05) is 25.1 Å². The van der Waals surface area contributed by atoms with Crippen LogP contribution in [0.25, 0.3) is 0 Å². The molecule has 0 radical (unpaired) electrons. The summed E-state index contributed by atoms with van der Waals surface area (Å²) < 4.78 is 6.59. The average molecular weight is 270 g/mol. The molecule has 82 valence electrons. The Morgan fingerprint density at radius 2 is 2.27 bits per heavy atom. The van der Waals surface area contributed by atoms with Crippen molar-refractivity contribution in [3.8, 4) is 5.75 Å². The summed E-state index contributed by atoms with van der Waals surface area (Å²) in [6.07, 6.45) is 0.852. The van der Waals surface area contributed by atoms with Gasteiger partial charge in [0.25, 0.3) is 0 Å². The Kier molecular flexibility index (Phi) is 4.85. The molecule has 0 saturated carbocycles. The number of halogens is 1. The Balaban J connectivity index is 2.79. The third kappa shape index (κ3) is 3.68. The monoisotopic (exact) mass is 269 g/mol. The fraction of sp³-hybridized carbons (Fsp3) is 0.333. The molecule has 0 amide bonds. The number of hydrogen-bond acceptors (Lipinski definition) is 2. The van der Waals surface area contributed by atoms with Crippen LogP contribution in [0.2, 0.25) is 0 Å². The van der Waals surface area contributed by atoms with Crippen molar-refractivity contribution in [2.75, 3.05) is 13.2 Å².